The molecule has 1 heterocycles. The molecular weight excluding hydrogens is 331 g/mol. The van der Waals surface area contributed by atoms with E-state index in [2.05, 4.69) is 35.5 Å². The Hall–Kier alpha value is -1.70. The normalized spacial score (nSPS) is 16.6. The predicted molar refractivity (Wildman–Crippen MR) is 101 cm³/mol. The average Bonchev–Trinajstić information content (AvgIpc) is 3.33. The standard InChI is InChI=1S/C21H25FN2S/c1-24(14-11-17-5-9-19(22)10-6-17)13-3-12-21(16-23,18-7-8-18)20-4-2-15-25-20/h2,4-6,9-10,15,18H,3,7-8,11-14H2,1H3. The Labute approximate surface area is 153 Å². The molecule has 132 valence electrons. The minimum Gasteiger partial charge on any atom is -0.306 e. The molecule has 1 unspecified atom stereocenters. The number of halogens is 1. The Kier molecular flexibility index (Phi) is 5.88. The van der Waals surface area contributed by atoms with Crippen LogP contribution in [0.4, 0.5) is 4.39 Å². The molecule has 0 bridgehead atoms. The van der Waals surface area contributed by atoms with Gasteiger partial charge in [-0.15, -0.1) is 11.3 Å². The first-order chi connectivity index (χ1) is 12.1. The zero-order valence-electron chi connectivity index (χ0n) is 14.7. The first-order valence-corrected chi connectivity index (χ1v) is 9.90. The zero-order chi connectivity index (χ0) is 17.7. The van der Waals surface area contributed by atoms with Crippen LogP contribution in [-0.4, -0.2) is 25.0 Å². The van der Waals surface area contributed by atoms with Crippen LogP contribution < -0.4 is 0 Å². The van der Waals surface area contributed by atoms with Crippen molar-refractivity contribution in [1.82, 2.24) is 4.90 Å². The summed E-state index contributed by atoms with van der Waals surface area (Å²) < 4.78 is 12.9. The second-order valence-electron chi connectivity index (χ2n) is 7.12. The molecule has 0 radical (unpaired) electrons. The van der Waals surface area contributed by atoms with Gasteiger partial charge >= 0.3 is 0 Å². The van der Waals surface area contributed by atoms with Gasteiger partial charge in [0.2, 0.25) is 0 Å². The highest BCUT2D eigenvalue weighted by molar-refractivity contribution is 7.10. The van der Waals surface area contributed by atoms with Gasteiger partial charge in [-0.25, -0.2) is 4.39 Å². The first-order valence-electron chi connectivity index (χ1n) is 9.02. The van der Waals surface area contributed by atoms with Gasteiger partial charge in [0.25, 0.3) is 0 Å². The summed E-state index contributed by atoms with van der Waals surface area (Å²) in [5.74, 6) is 0.360. The van der Waals surface area contributed by atoms with E-state index in [1.165, 1.54) is 29.9 Å². The van der Waals surface area contributed by atoms with E-state index in [9.17, 15) is 9.65 Å². The zero-order valence-corrected chi connectivity index (χ0v) is 15.6. The molecule has 1 fully saturated rings. The molecule has 1 aromatic heterocycles. The van der Waals surface area contributed by atoms with E-state index >= 15 is 0 Å². The van der Waals surface area contributed by atoms with Gasteiger partial charge in [0.05, 0.1) is 11.5 Å². The van der Waals surface area contributed by atoms with Crippen LogP contribution in [0, 0.1) is 23.1 Å². The maximum absolute atomic E-state index is 12.9. The third-order valence-electron chi connectivity index (χ3n) is 5.24. The van der Waals surface area contributed by atoms with Crippen molar-refractivity contribution in [1.29, 1.82) is 5.26 Å². The Morgan fingerprint density at radius 2 is 2.00 bits per heavy atom. The number of nitriles is 1. The lowest BCUT2D eigenvalue weighted by Crippen LogP contribution is -2.29. The molecule has 1 aromatic carbocycles. The molecule has 0 spiro atoms. The fraction of sp³-hybridized carbons (Fsp3) is 0.476. The van der Waals surface area contributed by atoms with Crippen LogP contribution in [0.5, 0.6) is 0 Å². The predicted octanol–water partition coefficient (Wildman–Crippen LogP) is 5.01. The van der Waals surface area contributed by atoms with Crippen LogP contribution in [0.25, 0.3) is 0 Å². The molecule has 1 aliphatic carbocycles. The second kappa shape index (κ2) is 8.12. The van der Waals surface area contributed by atoms with Crippen LogP contribution in [0.1, 0.15) is 36.1 Å². The highest BCUT2D eigenvalue weighted by Crippen LogP contribution is 2.51. The number of hydrogen-bond donors (Lipinski definition) is 0. The summed E-state index contributed by atoms with van der Waals surface area (Å²) in [5, 5.41) is 12.0. The summed E-state index contributed by atoms with van der Waals surface area (Å²) >= 11 is 1.72. The Morgan fingerprint density at radius 3 is 2.60 bits per heavy atom. The van der Waals surface area contributed by atoms with Crippen molar-refractivity contribution in [3.8, 4) is 6.07 Å². The molecule has 25 heavy (non-hydrogen) atoms. The number of hydrogen-bond acceptors (Lipinski definition) is 3. The van der Waals surface area contributed by atoms with E-state index in [1.54, 1.807) is 11.3 Å². The first kappa shape index (κ1) is 18.1. The van der Waals surface area contributed by atoms with Crippen molar-refractivity contribution in [2.45, 2.75) is 37.5 Å². The minimum atomic E-state index is -0.272. The maximum Gasteiger partial charge on any atom is 0.123 e. The number of rotatable bonds is 9. The molecule has 2 aromatic rings. The summed E-state index contributed by atoms with van der Waals surface area (Å²) in [6.45, 7) is 1.94. The molecule has 1 saturated carbocycles. The van der Waals surface area contributed by atoms with Crippen LogP contribution in [0.2, 0.25) is 0 Å². The van der Waals surface area contributed by atoms with Crippen LogP contribution in [-0.2, 0) is 11.8 Å². The Morgan fingerprint density at radius 1 is 1.24 bits per heavy atom. The molecule has 0 saturated heterocycles. The van der Waals surface area contributed by atoms with E-state index in [-0.39, 0.29) is 11.2 Å². The van der Waals surface area contributed by atoms with E-state index < -0.39 is 0 Å². The highest BCUT2D eigenvalue weighted by atomic mass is 32.1. The second-order valence-corrected chi connectivity index (χ2v) is 8.07. The van der Waals surface area contributed by atoms with Crippen molar-refractivity contribution >= 4 is 11.3 Å². The molecule has 0 amide bonds. The smallest absolute Gasteiger partial charge is 0.123 e. The number of nitrogens with zero attached hydrogens (tertiary/aromatic N) is 2. The highest BCUT2D eigenvalue weighted by Gasteiger charge is 2.47. The van der Waals surface area contributed by atoms with E-state index in [0.717, 1.165) is 37.9 Å². The minimum absolute atomic E-state index is 0.182. The summed E-state index contributed by atoms with van der Waals surface area (Å²) in [6, 6.07) is 13.6. The number of likely N-dealkylation sites (N-methyl/N-ethyl adjacent to an activating group) is 1. The lowest BCUT2D eigenvalue weighted by Gasteiger charge is -2.26. The Balaban J connectivity index is 1.49. The lowest BCUT2D eigenvalue weighted by atomic mass is 9.78. The number of benzene rings is 1. The van der Waals surface area contributed by atoms with Gasteiger partial charge < -0.3 is 4.90 Å². The van der Waals surface area contributed by atoms with Gasteiger partial charge in [0, 0.05) is 11.4 Å². The van der Waals surface area contributed by atoms with Crippen LogP contribution in [0.15, 0.2) is 41.8 Å². The summed E-state index contributed by atoms with van der Waals surface area (Å²) in [6.07, 6.45) is 5.27. The average molecular weight is 357 g/mol. The van der Waals surface area contributed by atoms with Gasteiger partial charge in [-0.3, -0.25) is 0 Å². The fourth-order valence-corrected chi connectivity index (χ4v) is 4.54. The molecule has 2 nitrogen and oxygen atoms in total. The van der Waals surface area contributed by atoms with Crippen molar-refractivity contribution in [3.63, 3.8) is 0 Å². The molecular formula is C21H25FN2S. The monoisotopic (exact) mass is 356 g/mol. The topological polar surface area (TPSA) is 27.0 Å². The Bertz CT molecular complexity index is 700. The summed E-state index contributed by atoms with van der Waals surface area (Å²) in [5.41, 5.74) is 0.891. The van der Waals surface area contributed by atoms with Crippen LogP contribution >= 0.6 is 11.3 Å². The maximum atomic E-state index is 12.9. The number of thiophene rings is 1. The third kappa shape index (κ3) is 4.48. The van der Waals surface area contributed by atoms with Gasteiger partial charge in [-0.2, -0.15) is 5.26 Å². The van der Waals surface area contributed by atoms with Crippen molar-refractivity contribution < 1.29 is 4.39 Å². The van der Waals surface area contributed by atoms with Gasteiger partial charge in [-0.05, 0) is 80.8 Å². The molecule has 0 aliphatic heterocycles. The molecule has 1 aliphatic rings. The summed E-state index contributed by atoms with van der Waals surface area (Å²) in [4.78, 5) is 3.55. The molecule has 4 heteroatoms. The van der Waals surface area contributed by atoms with Crippen molar-refractivity contribution in [3.05, 3.63) is 58.0 Å². The van der Waals surface area contributed by atoms with Crippen molar-refractivity contribution in [2.24, 2.45) is 5.92 Å². The van der Waals surface area contributed by atoms with E-state index in [1.807, 2.05) is 12.1 Å². The van der Waals surface area contributed by atoms with Gasteiger partial charge in [0.15, 0.2) is 0 Å². The van der Waals surface area contributed by atoms with E-state index in [4.69, 9.17) is 0 Å². The largest absolute Gasteiger partial charge is 0.306 e. The lowest BCUT2D eigenvalue weighted by molar-refractivity contribution is 0.310. The van der Waals surface area contributed by atoms with E-state index in [0.29, 0.717) is 5.92 Å². The molecule has 1 atom stereocenters. The van der Waals surface area contributed by atoms with Gasteiger partial charge in [-0.1, -0.05) is 18.2 Å². The molecule has 0 N–H and O–H groups in total. The molecule has 3 rings (SSSR count). The van der Waals surface area contributed by atoms with Gasteiger partial charge in [0.1, 0.15) is 5.82 Å². The quantitative estimate of drug-likeness (QED) is 0.631. The summed E-state index contributed by atoms with van der Waals surface area (Å²) in [7, 11) is 2.12. The fourth-order valence-electron chi connectivity index (χ4n) is 3.55. The van der Waals surface area contributed by atoms with Crippen LogP contribution in [0.3, 0.4) is 0 Å². The third-order valence-corrected chi connectivity index (χ3v) is 6.29. The SMILES string of the molecule is CN(CCCC(C#N)(c1cccs1)C1CC1)CCc1ccc(F)cc1. The van der Waals surface area contributed by atoms with Crippen molar-refractivity contribution in [2.75, 3.05) is 20.1 Å².